The molecule has 1 aliphatic heterocycles. The summed E-state index contributed by atoms with van der Waals surface area (Å²) in [7, 11) is 0. The minimum absolute atomic E-state index is 0.00134. The van der Waals surface area contributed by atoms with E-state index in [0.717, 1.165) is 12.1 Å². The fourth-order valence-corrected chi connectivity index (χ4v) is 2.50. The van der Waals surface area contributed by atoms with Gasteiger partial charge in [0.05, 0.1) is 21.1 Å². The van der Waals surface area contributed by atoms with E-state index in [1.807, 2.05) is 0 Å². The molecule has 18 heavy (non-hydrogen) atoms. The van der Waals surface area contributed by atoms with Gasteiger partial charge >= 0.3 is 0 Å². The Hall–Kier alpha value is -1.54. The maximum atomic E-state index is 13.9. The Balaban J connectivity index is 2.46. The van der Waals surface area contributed by atoms with E-state index in [4.69, 9.17) is 5.73 Å². The van der Waals surface area contributed by atoms with Crippen LogP contribution in [-0.2, 0) is 4.79 Å². The number of amides is 1. The van der Waals surface area contributed by atoms with E-state index in [1.165, 1.54) is 4.90 Å². The zero-order chi connectivity index (χ0) is 13.4. The second-order valence-corrected chi connectivity index (χ2v) is 4.84. The molecule has 8 heteroatoms. The predicted octanol–water partition coefficient (Wildman–Crippen LogP) is 1.56. The third-order valence-corrected chi connectivity index (χ3v) is 3.24. The molecule has 6 nitrogen and oxygen atoms in total. The highest BCUT2D eigenvalue weighted by Crippen LogP contribution is 2.35. The molecule has 1 atom stereocenters. The first-order chi connectivity index (χ1) is 8.40. The number of rotatable bonds is 2. The van der Waals surface area contributed by atoms with Gasteiger partial charge in [0.15, 0.2) is 5.82 Å². The molecule has 1 fully saturated rings. The van der Waals surface area contributed by atoms with Crippen molar-refractivity contribution in [3.05, 3.63) is 32.5 Å². The summed E-state index contributed by atoms with van der Waals surface area (Å²) in [5.74, 6) is -1.12. The van der Waals surface area contributed by atoms with E-state index in [1.54, 1.807) is 0 Å². The molecule has 2 rings (SSSR count). The topological polar surface area (TPSA) is 89.5 Å². The van der Waals surface area contributed by atoms with E-state index in [-0.39, 0.29) is 40.8 Å². The second kappa shape index (κ2) is 4.62. The van der Waals surface area contributed by atoms with Crippen molar-refractivity contribution in [3.8, 4) is 0 Å². The van der Waals surface area contributed by atoms with Crippen LogP contribution in [0.1, 0.15) is 6.42 Å². The number of nitro benzene ring substituents is 1. The van der Waals surface area contributed by atoms with Gasteiger partial charge in [-0.25, -0.2) is 4.39 Å². The Labute approximate surface area is 110 Å². The highest BCUT2D eigenvalue weighted by Gasteiger charge is 2.32. The van der Waals surface area contributed by atoms with Crippen LogP contribution in [0.15, 0.2) is 16.6 Å². The molecule has 1 aromatic rings. The summed E-state index contributed by atoms with van der Waals surface area (Å²) >= 11 is 3.04. The number of carbonyl (C=O) groups excluding carboxylic acids is 1. The van der Waals surface area contributed by atoms with Gasteiger partial charge < -0.3 is 10.6 Å². The molecule has 0 radical (unpaired) electrons. The lowest BCUT2D eigenvalue weighted by Gasteiger charge is -2.18. The number of benzene rings is 1. The van der Waals surface area contributed by atoms with Crippen molar-refractivity contribution in [1.82, 2.24) is 0 Å². The maximum absolute atomic E-state index is 13.9. The average molecular weight is 318 g/mol. The van der Waals surface area contributed by atoms with Crippen LogP contribution in [0.5, 0.6) is 0 Å². The third kappa shape index (κ3) is 2.21. The number of anilines is 1. The van der Waals surface area contributed by atoms with Gasteiger partial charge in [-0.2, -0.15) is 0 Å². The molecular formula is C10H9BrFN3O3. The summed E-state index contributed by atoms with van der Waals surface area (Å²) in [4.78, 5) is 22.7. The Kier molecular flexibility index (Phi) is 3.31. The monoisotopic (exact) mass is 317 g/mol. The molecule has 0 saturated carbocycles. The van der Waals surface area contributed by atoms with Crippen molar-refractivity contribution >= 4 is 33.2 Å². The normalized spacial score (nSPS) is 19.4. The number of carbonyl (C=O) groups is 1. The van der Waals surface area contributed by atoms with Crippen LogP contribution in [0.2, 0.25) is 0 Å². The van der Waals surface area contributed by atoms with Crippen molar-refractivity contribution in [2.24, 2.45) is 5.73 Å². The summed E-state index contributed by atoms with van der Waals surface area (Å²) < 4.78 is 14.0. The summed E-state index contributed by atoms with van der Waals surface area (Å²) in [5.41, 5.74) is 5.25. The maximum Gasteiger partial charge on any atom is 0.273 e. The number of halogens is 2. The zero-order valence-electron chi connectivity index (χ0n) is 9.10. The van der Waals surface area contributed by atoms with E-state index in [9.17, 15) is 19.3 Å². The van der Waals surface area contributed by atoms with Crippen molar-refractivity contribution < 1.29 is 14.1 Å². The van der Waals surface area contributed by atoms with Gasteiger partial charge in [-0.05, 0) is 15.9 Å². The minimum Gasteiger partial charge on any atom is -0.326 e. The van der Waals surface area contributed by atoms with Crippen LogP contribution in [0, 0.1) is 15.9 Å². The number of nitrogens with zero attached hydrogens (tertiary/aromatic N) is 2. The molecule has 0 aromatic heterocycles. The SMILES string of the molecule is NC1CC(=O)N(c2c(F)cc([N+](=O)[O-])cc2Br)C1. The van der Waals surface area contributed by atoms with Crippen LogP contribution in [0.25, 0.3) is 0 Å². The molecule has 1 aromatic carbocycles. The molecule has 1 amide bonds. The van der Waals surface area contributed by atoms with Crippen molar-refractivity contribution in [1.29, 1.82) is 0 Å². The van der Waals surface area contributed by atoms with E-state index in [0.29, 0.717) is 0 Å². The van der Waals surface area contributed by atoms with Gasteiger partial charge in [0.1, 0.15) is 0 Å². The van der Waals surface area contributed by atoms with E-state index in [2.05, 4.69) is 15.9 Å². The Morgan fingerprint density at radius 2 is 2.22 bits per heavy atom. The molecule has 0 aliphatic carbocycles. The average Bonchev–Trinajstić information content (AvgIpc) is 2.56. The van der Waals surface area contributed by atoms with E-state index >= 15 is 0 Å². The van der Waals surface area contributed by atoms with Gasteiger partial charge in [-0.3, -0.25) is 14.9 Å². The lowest BCUT2D eigenvalue weighted by Crippen LogP contribution is -2.29. The lowest BCUT2D eigenvalue weighted by atomic mass is 10.2. The number of non-ortho nitro benzene ring substituents is 1. The predicted molar refractivity (Wildman–Crippen MR) is 65.7 cm³/mol. The lowest BCUT2D eigenvalue weighted by molar-refractivity contribution is -0.385. The Morgan fingerprint density at radius 1 is 1.56 bits per heavy atom. The molecule has 96 valence electrons. The van der Waals surface area contributed by atoms with Crippen LogP contribution in [-0.4, -0.2) is 23.4 Å². The summed E-state index contributed by atoms with van der Waals surface area (Å²) in [6.45, 7) is 0.201. The van der Waals surface area contributed by atoms with Gasteiger partial charge in [-0.15, -0.1) is 0 Å². The van der Waals surface area contributed by atoms with Gasteiger partial charge in [0.2, 0.25) is 5.91 Å². The number of nitrogens with two attached hydrogens (primary N) is 1. The van der Waals surface area contributed by atoms with Crippen LogP contribution < -0.4 is 10.6 Å². The highest BCUT2D eigenvalue weighted by atomic mass is 79.9. The van der Waals surface area contributed by atoms with Crippen LogP contribution in [0.3, 0.4) is 0 Å². The second-order valence-electron chi connectivity index (χ2n) is 3.98. The standard InChI is InChI=1S/C10H9BrFN3O3/c11-7-2-6(15(17)18)3-8(12)10(7)14-4-5(13)1-9(14)16/h2-3,5H,1,4,13H2. The molecule has 2 N–H and O–H groups in total. The Bertz CT molecular complexity index is 514. The quantitative estimate of drug-likeness (QED) is 0.662. The largest absolute Gasteiger partial charge is 0.326 e. The smallest absolute Gasteiger partial charge is 0.273 e. The first-order valence-corrected chi connectivity index (χ1v) is 5.89. The molecule has 1 heterocycles. The van der Waals surface area contributed by atoms with Gasteiger partial charge in [0.25, 0.3) is 5.69 Å². The molecule has 1 unspecified atom stereocenters. The highest BCUT2D eigenvalue weighted by molar-refractivity contribution is 9.10. The fourth-order valence-electron chi connectivity index (χ4n) is 1.87. The van der Waals surface area contributed by atoms with Crippen molar-refractivity contribution in [2.45, 2.75) is 12.5 Å². The van der Waals surface area contributed by atoms with Crippen LogP contribution in [0.4, 0.5) is 15.8 Å². The van der Waals surface area contributed by atoms with Crippen molar-refractivity contribution in [2.75, 3.05) is 11.4 Å². The number of hydrogen-bond donors (Lipinski definition) is 1. The fraction of sp³-hybridized carbons (Fsp3) is 0.300. The zero-order valence-corrected chi connectivity index (χ0v) is 10.7. The first-order valence-electron chi connectivity index (χ1n) is 5.09. The van der Waals surface area contributed by atoms with Gasteiger partial charge in [0, 0.05) is 25.1 Å². The van der Waals surface area contributed by atoms with Gasteiger partial charge in [-0.1, -0.05) is 0 Å². The van der Waals surface area contributed by atoms with E-state index < -0.39 is 10.7 Å². The molecule has 1 saturated heterocycles. The van der Waals surface area contributed by atoms with Crippen LogP contribution >= 0.6 is 15.9 Å². The molecule has 1 aliphatic rings. The first kappa shape index (κ1) is 12.9. The summed E-state index contributed by atoms with van der Waals surface area (Å²) in [5, 5.41) is 10.6. The summed E-state index contributed by atoms with van der Waals surface area (Å²) in [6.07, 6.45) is 0.142. The minimum atomic E-state index is -0.821. The molecular weight excluding hydrogens is 309 g/mol. The number of nitro groups is 1. The van der Waals surface area contributed by atoms with Crippen molar-refractivity contribution in [3.63, 3.8) is 0 Å². The molecule has 0 spiro atoms. The summed E-state index contributed by atoms with van der Waals surface area (Å²) in [6, 6.07) is 1.60. The number of hydrogen-bond acceptors (Lipinski definition) is 4. The third-order valence-electron chi connectivity index (χ3n) is 2.64. The Morgan fingerprint density at radius 3 is 2.67 bits per heavy atom. The molecule has 0 bridgehead atoms.